The second-order valence-electron chi connectivity index (χ2n) is 4.94. The van der Waals surface area contributed by atoms with Gasteiger partial charge in [-0.1, -0.05) is 24.6 Å². The van der Waals surface area contributed by atoms with E-state index in [4.69, 9.17) is 4.74 Å². The van der Waals surface area contributed by atoms with Crippen molar-refractivity contribution in [3.63, 3.8) is 0 Å². The molecule has 108 valence electrons. The minimum Gasteiger partial charge on any atom is -0.496 e. The third-order valence-corrected chi connectivity index (χ3v) is 3.61. The molecule has 0 radical (unpaired) electrons. The Balaban J connectivity index is 2.30. The van der Waals surface area contributed by atoms with Crippen molar-refractivity contribution in [3.05, 3.63) is 47.5 Å². The molecular weight excluding hydrogens is 250 g/mol. The largest absolute Gasteiger partial charge is 0.496 e. The Labute approximate surface area is 120 Å². The molecule has 4 heteroatoms. The Bertz CT molecular complexity index is 563. The molecule has 20 heavy (non-hydrogen) atoms. The van der Waals surface area contributed by atoms with Crippen LogP contribution in [0.15, 0.2) is 30.6 Å². The number of hydrogen-bond acceptors (Lipinski definition) is 3. The summed E-state index contributed by atoms with van der Waals surface area (Å²) in [5.74, 6) is 2.03. The normalized spacial score (nSPS) is 12.4. The summed E-state index contributed by atoms with van der Waals surface area (Å²) in [5.41, 5.74) is 2.42. The predicted octanol–water partition coefficient (Wildman–Crippen LogP) is 2.72. The third kappa shape index (κ3) is 3.02. The van der Waals surface area contributed by atoms with E-state index in [1.165, 1.54) is 11.1 Å². The van der Waals surface area contributed by atoms with Gasteiger partial charge in [-0.25, -0.2) is 4.98 Å². The second kappa shape index (κ2) is 6.57. The van der Waals surface area contributed by atoms with E-state index in [2.05, 4.69) is 40.8 Å². The van der Waals surface area contributed by atoms with Crippen LogP contribution in [0.3, 0.4) is 0 Å². The topological polar surface area (TPSA) is 39.1 Å². The number of methoxy groups -OCH3 is 1. The van der Waals surface area contributed by atoms with E-state index in [0.717, 1.165) is 24.5 Å². The van der Waals surface area contributed by atoms with Gasteiger partial charge < -0.3 is 14.6 Å². The van der Waals surface area contributed by atoms with Crippen LogP contribution in [0.4, 0.5) is 0 Å². The van der Waals surface area contributed by atoms with E-state index >= 15 is 0 Å². The van der Waals surface area contributed by atoms with Crippen molar-refractivity contribution in [2.45, 2.75) is 32.9 Å². The zero-order chi connectivity index (χ0) is 14.5. The molecule has 2 rings (SSSR count). The lowest BCUT2D eigenvalue weighted by atomic mass is 10.0. The SMILES string of the molecule is CCc1nccn1CC(NC)c1cc(C)ccc1OC. The first-order valence-corrected chi connectivity index (χ1v) is 7.01. The molecule has 0 saturated carbocycles. The fourth-order valence-corrected chi connectivity index (χ4v) is 2.49. The van der Waals surface area contributed by atoms with Gasteiger partial charge in [-0.15, -0.1) is 0 Å². The summed E-state index contributed by atoms with van der Waals surface area (Å²) in [6.07, 6.45) is 4.83. The molecule has 0 aliphatic carbocycles. The summed E-state index contributed by atoms with van der Waals surface area (Å²) in [7, 11) is 3.70. The van der Waals surface area contributed by atoms with E-state index in [1.54, 1.807) is 7.11 Å². The van der Waals surface area contributed by atoms with Crippen molar-refractivity contribution in [2.75, 3.05) is 14.2 Å². The van der Waals surface area contributed by atoms with Crippen LogP contribution in [-0.2, 0) is 13.0 Å². The summed E-state index contributed by atoms with van der Waals surface area (Å²) in [4.78, 5) is 4.38. The zero-order valence-electron chi connectivity index (χ0n) is 12.7. The molecule has 1 atom stereocenters. The van der Waals surface area contributed by atoms with Crippen LogP contribution in [0.2, 0.25) is 0 Å². The molecule has 0 aliphatic heterocycles. The number of benzene rings is 1. The number of aryl methyl sites for hydroxylation is 2. The van der Waals surface area contributed by atoms with Crippen molar-refractivity contribution < 1.29 is 4.74 Å². The van der Waals surface area contributed by atoms with Crippen molar-refractivity contribution in [3.8, 4) is 5.75 Å². The van der Waals surface area contributed by atoms with Gasteiger partial charge in [0.15, 0.2) is 0 Å². The highest BCUT2D eigenvalue weighted by molar-refractivity contribution is 5.39. The molecule has 1 unspecified atom stereocenters. The number of aromatic nitrogens is 2. The Morgan fingerprint density at radius 3 is 2.85 bits per heavy atom. The van der Waals surface area contributed by atoms with Crippen molar-refractivity contribution in [1.82, 2.24) is 14.9 Å². The Hall–Kier alpha value is -1.81. The Morgan fingerprint density at radius 1 is 1.40 bits per heavy atom. The number of likely N-dealkylation sites (N-methyl/N-ethyl adjacent to an activating group) is 1. The minimum atomic E-state index is 0.198. The van der Waals surface area contributed by atoms with E-state index in [1.807, 2.05) is 25.5 Å². The first-order chi connectivity index (χ1) is 9.69. The van der Waals surface area contributed by atoms with Crippen LogP contribution in [0.1, 0.15) is 29.9 Å². The monoisotopic (exact) mass is 273 g/mol. The lowest BCUT2D eigenvalue weighted by molar-refractivity contribution is 0.393. The molecule has 0 spiro atoms. The molecule has 1 aromatic carbocycles. The minimum absolute atomic E-state index is 0.198. The molecule has 2 aromatic rings. The number of rotatable bonds is 6. The maximum atomic E-state index is 5.49. The molecular formula is C16H23N3O. The smallest absolute Gasteiger partial charge is 0.123 e. The fraction of sp³-hybridized carbons (Fsp3) is 0.438. The van der Waals surface area contributed by atoms with E-state index < -0.39 is 0 Å². The highest BCUT2D eigenvalue weighted by Crippen LogP contribution is 2.27. The number of imidazole rings is 1. The Kier molecular flexibility index (Phi) is 4.79. The third-order valence-electron chi connectivity index (χ3n) is 3.61. The summed E-state index contributed by atoms with van der Waals surface area (Å²) in [5, 5.41) is 3.38. The molecule has 0 fully saturated rings. The van der Waals surface area contributed by atoms with Crippen LogP contribution in [0.25, 0.3) is 0 Å². The maximum Gasteiger partial charge on any atom is 0.123 e. The van der Waals surface area contributed by atoms with Gasteiger partial charge >= 0.3 is 0 Å². The fourth-order valence-electron chi connectivity index (χ4n) is 2.49. The summed E-state index contributed by atoms with van der Waals surface area (Å²) in [6.45, 7) is 5.07. The standard InChI is InChI=1S/C16H23N3O/c1-5-16-18-8-9-19(16)11-14(17-3)13-10-12(2)6-7-15(13)20-4/h6-10,14,17H,5,11H2,1-4H3. The van der Waals surface area contributed by atoms with Gasteiger partial charge in [0.05, 0.1) is 13.2 Å². The van der Waals surface area contributed by atoms with Crippen LogP contribution in [-0.4, -0.2) is 23.7 Å². The number of ether oxygens (including phenoxy) is 1. The zero-order valence-corrected chi connectivity index (χ0v) is 12.7. The van der Waals surface area contributed by atoms with E-state index in [0.29, 0.717) is 0 Å². The van der Waals surface area contributed by atoms with Gasteiger partial charge in [0, 0.05) is 30.9 Å². The van der Waals surface area contributed by atoms with Crippen LogP contribution < -0.4 is 10.1 Å². The lowest BCUT2D eigenvalue weighted by Crippen LogP contribution is -2.23. The van der Waals surface area contributed by atoms with Crippen molar-refractivity contribution >= 4 is 0 Å². The average molecular weight is 273 g/mol. The van der Waals surface area contributed by atoms with Crippen LogP contribution in [0.5, 0.6) is 5.75 Å². The van der Waals surface area contributed by atoms with Gasteiger partial charge in [-0.2, -0.15) is 0 Å². The number of hydrogen-bond donors (Lipinski definition) is 1. The molecule has 4 nitrogen and oxygen atoms in total. The average Bonchev–Trinajstić information content (AvgIpc) is 2.91. The van der Waals surface area contributed by atoms with E-state index in [-0.39, 0.29) is 6.04 Å². The van der Waals surface area contributed by atoms with Gasteiger partial charge in [0.1, 0.15) is 11.6 Å². The Morgan fingerprint density at radius 2 is 2.20 bits per heavy atom. The second-order valence-corrected chi connectivity index (χ2v) is 4.94. The maximum absolute atomic E-state index is 5.49. The van der Waals surface area contributed by atoms with Gasteiger partial charge in [0.2, 0.25) is 0 Å². The molecule has 1 heterocycles. The van der Waals surface area contributed by atoms with Crippen LogP contribution in [0, 0.1) is 6.92 Å². The molecule has 0 saturated heterocycles. The van der Waals surface area contributed by atoms with Gasteiger partial charge in [-0.05, 0) is 20.0 Å². The lowest BCUT2D eigenvalue weighted by Gasteiger charge is -2.21. The summed E-state index contributed by atoms with van der Waals surface area (Å²) < 4.78 is 7.69. The summed E-state index contributed by atoms with van der Waals surface area (Å²) >= 11 is 0. The number of nitrogens with one attached hydrogen (secondary N) is 1. The molecule has 0 bridgehead atoms. The quantitative estimate of drug-likeness (QED) is 0.879. The predicted molar refractivity (Wildman–Crippen MR) is 81.1 cm³/mol. The first kappa shape index (κ1) is 14.6. The molecule has 1 N–H and O–H groups in total. The number of nitrogens with zero attached hydrogens (tertiary/aromatic N) is 2. The highest BCUT2D eigenvalue weighted by atomic mass is 16.5. The molecule has 0 aliphatic rings. The van der Waals surface area contributed by atoms with Crippen molar-refractivity contribution in [1.29, 1.82) is 0 Å². The first-order valence-electron chi connectivity index (χ1n) is 7.01. The molecule has 0 amide bonds. The van der Waals surface area contributed by atoms with E-state index in [9.17, 15) is 0 Å². The van der Waals surface area contributed by atoms with Gasteiger partial charge in [0.25, 0.3) is 0 Å². The van der Waals surface area contributed by atoms with Crippen LogP contribution >= 0.6 is 0 Å². The van der Waals surface area contributed by atoms with Gasteiger partial charge in [-0.3, -0.25) is 0 Å². The van der Waals surface area contributed by atoms with Crippen molar-refractivity contribution in [2.24, 2.45) is 0 Å². The summed E-state index contributed by atoms with van der Waals surface area (Å²) in [6, 6.07) is 6.49. The highest BCUT2D eigenvalue weighted by Gasteiger charge is 2.16. The molecule has 1 aromatic heterocycles.